The van der Waals surface area contributed by atoms with Crippen molar-refractivity contribution >= 4 is 23.2 Å². The fraction of sp³-hybridized carbons (Fsp3) is 0.118. The highest BCUT2D eigenvalue weighted by Gasteiger charge is 2.36. The standard InChI is InChI=1S/C17H10F6N2/c18-16(19,20)11-7-10(8-12(9-11)17(21,22)23)5-6-15-24-13-3-1-2-4-14(13)25-15/h1-9H,(H,24,25). The van der Waals surface area contributed by atoms with Gasteiger partial charge in [-0.1, -0.05) is 18.2 Å². The van der Waals surface area contributed by atoms with Gasteiger partial charge in [0.15, 0.2) is 0 Å². The number of alkyl halides is 6. The molecule has 3 rings (SSSR count). The van der Waals surface area contributed by atoms with Crippen molar-refractivity contribution in [1.82, 2.24) is 9.97 Å². The number of halogens is 6. The summed E-state index contributed by atoms with van der Waals surface area (Å²) < 4.78 is 77.0. The van der Waals surface area contributed by atoms with Gasteiger partial charge in [0.1, 0.15) is 5.82 Å². The molecule has 0 radical (unpaired) electrons. The van der Waals surface area contributed by atoms with E-state index in [1.54, 1.807) is 24.3 Å². The van der Waals surface area contributed by atoms with E-state index < -0.39 is 23.5 Å². The van der Waals surface area contributed by atoms with E-state index in [-0.39, 0.29) is 11.6 Å². The lowest BCUT2D eigenvalue weighted by molar-refractivity contribution is -0.143. The third-order valence-electron chi connectivity index (χ3n) is 3.45. The number of imidazole rings is 1. The molecule has 3 aromatic rings. The molecule has 1 heterocycles. The van der Waals surface area contributed by atoms with Crippen molar-refractivity contribution in [2.24, 2.45) is 0 Å². The van der Waals surface area contributed by atoms with Gasteiger partial charge in [-0.25, -0.2) is 4.98 Å². The number of aromatic nitrogens is 2. The average molecular weight is 356 g/mol. The normalized spacial score (nSPS) is 13.0. The molecule has 0 aliphatic rings. The lowest BCUT2D eigenvalue weighted by atomic mass is 10.0. The number of aromatic amines is 1. The molecule has 0 fully saturated rings. The summed E-state index contributed by atoms with van der Waals surface area (Å²) in [5, 5.41) is 0. The number of nitrogens with one attached hydrogen (secondary N) is 1. The van der Waals surface area contributed by atoms with Gasteiger partial charge in [0, 0.05) is 0 Å². The van der Waals surface area contributed by atoms with Gasteiger partial charge in [-0.3, -0.25) is 0 Å². The molecule has 0 aliphatic carbocycles. The van der Waals surface area contributed by atoms with Crippen molar-refractivity contribution in [1.29, 1.82) is 0 Å². The minimum atomic E-state index is -4.87. The van der Waals surface area contributed by atoms with Crippen LogP contribution < -0.4 is 0 Å². The molecular weight excluding hydrogens is 346 g/mol. The van der Waals surface area contributed by atoms with Gasteiger partial charge in [0.25, 0.3) is 0 Å². The zero-order valence-electron chi connectivity index (χ0n) is 12.4. The Labute approximate surface area is 137 Å². The predicted molar refractivity (Wildman–Crippen MR) is 81.5 cm³/mol. The van der Waals surface area contributed by atoms with Crippen LogP contribution in [0, 0.1) is 0 Å². The van der Waals surface area contributed by atoms with Crippen LogP contribution in [0.4, 0.5) is 26.3 Å². The summed E-state index contributed by atoms with van der Waals surface area (Å²) in [6.45, 7) is 0. The number of hydrogen-bond acceptors (Lipinski definition) is 1. The van der Waals surface area contributed by atoms with Crippen molar-refractivity contribution in [3.8, 4) is 0 Å². The molecule has 1 N–H and O–H groups in total. The summed E-state index contributed by atoms with van der Waals surface area (Å²) in [6, 6.07) is 8.44. The van der Waals surface area contributed by atoms with Gasteiger partial charge in [-0.15, -0.1) is 0 Å². The molecule has 0 saturated heterocycles. The number of para-hydroxylation sites is 2. The van der Waals surface area contributed by atoms with Gasteiger partial charge >= 0.3 is 12.4 Å². The molecule has 0 spiro atoms. The first-order valence-electron chi connectivity index (χ1n) is 7.05. The Kier molecular flexibility index (Phi) is 4.06. The Morgan fingerprint density at radius 3 is 1.96 bits per heavy atom. The van der Waals surface area contributed by atoms with Crippen LogP contribution in [-0.4, -0.2) is 9.97 Å². The lowest BCUT2D eigenvalue weighted by Crippen LogP contribution is -2.11. The van der Waals surface area contributed by atoms with Crippen molar-refractivity contribution in [2.75, 3.05) is 0 Å². The third kappa shape index (κ3) is 3.84. The van der Waals surface area contributed by atoms with Crippen LogP contribution in [0.25, 0.3) is 23.2 Å². The number of hydrogen-bond donors (Lipinski definition) is 1. The number of H-pyrrole nitrogens is 1. The Balaban J connectivity index is 2.00. The Morgan fingerprint density at radius 2 is 1.40 bits per heavy atom. The zero-order valence-corrected chi connectivity index (χ0v) is 12.4. The number of rotatable bonds is 2. The molecule has 0 amide bonds. The van der Waals surface area contributed by atoms with E-state index in [2.05, 4.69) is 9.97 Å². The zero-order chi connectivity index (χ0) is 18.2. The molecule has 2 nitrogen and oxygen atoms in total. The maximum absolute atomic E-state index is 12.8. The van der Waals surface area contributed by atoms with Crippen LogP contribution in [0.2, 0.25) is 0 Å². The van der Waals surface area contributed by atoms with E-state index >= 15 is 0 Å². The van der Waals surface area contributed by atoms with Crippen molar-refractivity contribution in [3.63, 3.8) is 0 Å². The fourth-order valence-electron chi connectivity index (χ4n) is 2.30. The molecule has 8 heteroatoms. The van der Waals surface area contributed by atoms with E-state index in [0.29, 0.717) is 29.0 Å². The summed E-state index contributed by atoms with van der Waals surface area (Å²) in [5.41, 5.74) is -1.58. The first kappa shape index (κ1) is 17.1. The first-order chi connectivity index (χ1) is 11.6. The number of fused-ring (bicyclic) bond motifs is 1. The molecule has 0 unspecified atom stereocenters. The van der Waals surface area contributed by atoms with Gasteiger partial charge < -0.3 is 4.98 Å². The molecule has 0 bridgehead atoms. The summed E-state index contributed by atoms with van der Waals surface area (Å²) in [4.78, 5) is 7.10. The van der Waals surface area contributed by atoms with E-state index in [0.717, 1.165) is 6.08 Å². The molecule has 0 atom stereocenters. The van der Waals surface area contributed by atoms with Crippen molar-refractivity contribution in [3.05, 3.63) is 65.0 Å². The summed E-state index contributed by atoms with van der Waals surface area (Å²) in [5.74, 6) is 0.326. The number of benzene rings is 2. The first-order valence-corrected chi connectivity index (χ1v) is 7.05. The average Bonchev–Trinajstić information content (AvgIpc) is 2.94. The van der Waals surface area contributed by atoms with Crippen LogP contribution in [0.5, 0.6) is 0 Å². The maximum atomic E-state index is 12.8. The lowest BCUT2D eigenvalue weighted by Gasteiger charge is -2.12. The highest BCUT2D eigenvalue weighted by molar-refractivity contribution is 5.78. The smallest absolute Gasteiger partial charge is 0.338 e. The monoisotopic (exact) mass is 356 g/mol. The highest BCUT2D eigenvalue weighted by Crippen LogP contribution is 2.36. The molecule has 2 aromatic carbocycles. The molecule has 0 aliphatic heterocycles. The van der Waals surface area contributed by atoms with Crippen molar-refractivity contribution in [2.45, 2.75) is 12.4 Å². The fourth-order valence-corrected chi connectivity index (χ4v) is 2.30. The minimum Gasteiger partial charge on any atom is -0.338 e. The van der Waals surface area contributed by atoms with E-state index in [4.69, 9.17) is 0 Å². The van der Waals surface area contributed by atoms with E-state index in [9.17, 15) is 26.3 Å². The second-order valence-corrected chi connectivity index (χ2v) is 5.31. The van der Waals surface area contributed by atoms with Gasteiger partial charge in [0.2, 0.25) is 0 Å². The Hall–Kier alpha value is -2.77. The topological polar surface area (TPSA) is 28.7 Å². The second-order valence-electron chi connectivity index (χ2n) is 5.31. The largest absolute Gasteiger partial charge is 0.416 e. The molecule has 1 aromatic heterocycles. The van der Waals surface area contributed by atoms with Gasteiger partial charge in [0.05, 0.1) is 22.2 Å². The SMILES string of the molecule is FC(F)(F)c1cc(C=Cc2nc3ccccc3[nH]2)cc(C(F)(F)F)c1. The van der Waals surface area contributed by atoms with Gasteiger partial charge in [-0.05, 0) is 42.0 Å². The quantitative estimate of drug-likeness (QED) is 0.580. The van der Waals surface area contributed by atoms with Crippen LogP contribution >= 0.6 is 0 Å². The van der Waals surface area contributed by atoms with Crippen LogP contribution in [0.15, 0.2) is 42.5 Å². The highest BCUT2D eigenvalue weighted by atomic mass is 19.4. The number of nitrogens with zero attached hydrogens (tertiary/aromatic N) is 1. The van der Waals surface area contributed by atoms with Crippen LogP contribution in [0.3, 0.4) is 0 Å². The minimum absolute atomic E-state index is 0.0958. The Bertz CT molecular complexity index is 869. The Morgan fingerprint density at radius 1 is 0.800 bits per heavy atom. The van der Waals surface area contributed by atoms with E-state index in [1.165, 1.54) is 6.08 Å². The van der Waals surface area contributed by atoms with Crippen LogP contribution in [0.1, 0.15) is 22.5 Å². The maximum Gasteiger partial charge on any atom is 0.416 e. The molecular formula is C17H10F6N2. The van der Waals surface area contributed by atoms with Gasteiger partial charge in [-0.2, -0.15) is 26.3 Å². The summed E-state index contributed by atoms with van der Waals surface area (Å²) >= 11 is 0. The van der Waals surface area contributed by atoms with Crippen LogP contribution in [-0.2, 0) is 12.4 Å². The predicted octanol–water partition coefficient (Wildman–Crippen LogP) is 5.77. The molecule has 130 valence electrons. The van der Waals surface area contributed by atoms with Crippen molar-refractivity contribution < 1.29 is 26.3 Å². The van der Waals surface area contributed by atoms with E-state index in [1.807, 2.05) is 0 Å². The summed E-state index contributed by atoms with van der Waals surface area (Å²) in [7, 11) is 0. The third-order valence-corrected chi connectivity index (χ3v) is 3.45. The summed E-state index contributed by atoms with van der Waals surface area (Å²) in [6.07, 6.45) is -7.26. The molecule has 25 heavy (non-hydrogen) atoms. The second kappa shape index (κ2) is 5.94. The molecule has 0 saturated carbocycles.